The fraction of sp³-hybridized carbons (Fsp3) is 0.450. The minimum atomic E-state index is -5.26. The maximum Gasteiger partial charge on any atom is 0.425 e. The third-order valence-corrected chi connectivity index (χ3v) is 6.43. The van der Waals surface area contributed by atoms with E-state index < -0.39 is 50.3 Å². The molecule has 8 nitrogen and oxygen atoms in total. The molecule has 0 bridgehead atoms. The van der Waals surface area contributed by atoms with Gasteiger partial charge in [-0.1, -0.05) is 26.0 Å². The van der Waals surface area contributed by atoms with Gasteiger partial charge in [0.2, 0.25) is 21.5 Å². The number of carbonyl (C=O) groups excluding carboxylic acids is 3. The first-order valence-corrected chi connectivity index (χ1v) is 11.1. The van der Waals surface area contributed by atoms with E-state index in [0.29, 0.717) is 5.56 Å². The summed E-state index contributed by atoms with van der Waals surface area (Å²) in [5.74, 6) is -3.45. The number of nitrogens with one attached hydrogen (secondary N) is 1. The molecule has 3 N–H and O–H groups in total. The van der Waals surface area contributed by atoms with E-state index in [1.165, 1.54) is 24.3 Å². The van der Waals surface area contributed by atoms with Gasteiger partial charge in [-0.05, 0) is 29.5 Å². The number of rotatable bonds is 4. The predicted octanol–water partition coefficient (Wildman–Crippen LogP) is 1.76. The molecule has 0 aromatic heterocycles. The van der Waals surface area contributed by atoms with Gasteiger partial charge in [0.25, 0.3) is 5.91 Å². The first kappa shape index (κ1) is 23.9. The summed E-state index contributed by atoms with van der Waals surface area (Å²) in [5.41, 5.74) is -4.72. The molecule has 0 saturated heterocycles. The third-order valence-electron chi connectivity index (χ3n) is 5.50. The number of benzene rings is 1. The van der Waals surface area contributed by atoms with Crippen LogP contribution in [0.3, 0.4) is 0 Å². The summed E-state index contributed by atoms with van der Waals surface area (Å²) in [6, 6.07) is 4.96. The Morgan fingerprint density at radius 2 is 1.72 bits per heavy atom. The van der Waals surface area contributed by atoms with Gasteiger partial charge in [0.15, 0.2) is 5.78 Å². The van der Waals surface area contributed by atoms with E-state index in [4.69, 9.17) is 5.14 Å². The van der Waals surface area contributed by atoms with E-state index in [9.17, 15) is 36.0 Å². The average molecular weight is 473 g/mol. The number of amides is 2. The van der Waals surface area contributed by atoms with E-state index in [1.807, 2.05) is 0 Å². The molecular weight excluding hydrogens is 451 g/mol. The topological polar surface area (TPSA) is 127 Å². The Morgan fingerprint density at radius 1 is 1.16 bits per heavy atom. The molecule has 1 aromatic rings. The quantitative estimate of drug-likeness (QED) is 0.689. The van der Waals surface area contributed by atoms with Gasteiger partial charge >= 0.3 is 6.18 Å². The molecule has 2 amide bonds. The third kappa shape index (κ3) is 3.92. The molecule has 0 fully saturated rings. The van der Waals surface area contributed by atoms with Crippen LogP contribution in [0.25, 0.3) is 0 Å². The highest BCUT2D eigenvalue weighted by molar-refractivity contribution is 7.89. The number of nitrogens with zero attached hydrogens (tertiary/aromatic N) is 1. The van der Waals surface area contributed by atoms with Crippen molar-refractivity contribution < 1.29 is 36.0 Å². The molecule has 1 aliphatic carbocycles. The van der Waals surface area contributed by atoms with Gasteiger partial charge in [-0.25, -0.2) is 13.6 Å². The van der Waals surface area contributed by atoms with Crippen molar-refractivity contribution in [3.8, 4) is 0 Å². The molecule has 1 heterocycles. The fourth-order valence-electron chi connectivity index (χ4n) is 4.22. The van der Waals surface area contributed by atoms with Crippen molar-refractivity contribution in [2.75, 3.05) is 0 Å². The van der Waals surface area contributed by atoms with Crippen molar-refractivity contribution in [1.29, 1.82) is 0 Å². The second-order valence-corrected chi connectivity index (χ2v) is 10.3. The second-order valence-electron chi connectivity index (χ2n) is 8.77. The Kier molecular flexibility index (Phi) is 5.54. The number of halogens is 3. The number of allylic oxidation sites excluding steroid dienone is 1. The zero-order valence-corrected chi connectivity index (χ0v) is 18.4. The Bertz CT molecular complexity index is 1140. The highest BCUT2D eigenvalue weighted by Crippen LogP contribution is 2.52. The number of nitrogens with two attached hydrogens (primary N) is 1. The van der Waals surface area contributed by atoms with Gasteiger partial charge in [0.05, 0.1) is 17.0 Å². The first-order chi connectivity index (χ1) is 14.5. The van der Waals surface area contributed by atoms with Crippen LogP contribution in [0.15, 0.2) is 40.4 Å². The Labute approximate surface area is 182 Å². The zero-order valence-electron chi connectivity index (χ0n) is 17.5. The van der Waals surface area contributed by atoms with Crippen molar-refractivity contribution in [2.24, 2.45) is 10.6 Å². The molecule has 1 unspecified atom stereocenters. The van der Waals surface area contributed by atoms with Crippen molar-refractivity contribution in [3.63, 3.8) is 0 Å². The van der Waals surface area contributed by atoms with Gasteiger partial charge in [-0.2, -0.15) is 13.2 Å². The molecule has 3 rings (SSSR count). The van der Waals surface area contributed by atoms with Crippen LogP contribution in [0, 0.1) is 5.41 Å². The summed E-state index contributed by atoms with van der Waals surface area (Å²) in [6.07, 6.45) is -5.47. The van der Waals surface area contributed by atoms with E-state index >= 15 is 0 Å². The van der Waals surface area contributed by atoms with Crippen LogP contribution < -0.4 is 10.5 Å². The molecular formula is C20H22F3N3O5S. The van der Waals surface area contributed by atoms with E-state index in [2.05, 4.69) is 0 Å². The molecule has 0 saturated carbocycles. The molecule has 0 spiro atoms. The van der Waals surface area contributed by atoms with Crippen LogP contribution in [0.4, 0.5) is 13.2 Å². The number of sulfonamides is 1. The molecule has 0 radical (unpaired) electrons. The molecule has 1 aromatic carbocycles. The molecule has 32 heavy (non-hydrogen) atoms. The van der Waals surface area contributed by atoms with Crippen LogP contribution in [-0.2, 0) is 31.0 Å². The molecule has 2 aliphatic rings. The van der Waals surface area contributed by atoms with Crippen molar-refractivity contribution in [2.45, 2.75) is 56.8 Å². The van der Waals surface area contributed by atoms with Crippen LogP contribution in [-0.4, -0.2) is 42.6 Å². The van der Waals surface area contributed by atoms with Crippen molar-refractivity contribution >= 4 is 27.6 Å². The highest BCUT2D eigenvalue weighted by Gasteiger charge is 2.71. The molecule has 12 heteroatoms. The van der Waals surface area contributed by atoms with Gasteiger partial charge in [0.1, 0.15) is 0 Å². The van der Waals surface area contributed by atoms with E-state index in [1.54, 1.807) is 19.2 Å². The summed E-state index contributed by atoms with van der Waals surface area (Å²) >= 11 is 0. The SMILES string of the molecule is CC(=O)NC1(C(F)(F)F)C(=O)N(Cc2ccc(S(N)(=O)=O)cc2)C2=C1C(=O)CC(C)(C)C2. The lowest BCUT2D eigenvalue weighted by molar-refractivity contribution is -0.194. The van der Waals surface area contributed by atoms with Gasteiger partial charge in [-0.3, -0.25) is 14.4 Å². The molecule has 1 aliphatic heterocycles. The highest BCUT2D eigenvalue weighted by atomic mass is 32.2. The zero-order chi connectivity index (χ0) is 24.3. The average Bonchev–Trinajstić information content (AvgIpc) is 2.83. The normalized spacial score (nSPS) is 23.4. The smallest absolute Gasteiger partial charge is 0.331 e. The largest absolute Gasteiger partial charge is 0.425 e. The first-order valence-electron chi connectivity index (χ1n) is 9.56. The Hall–Kier alpha value is -2.73. The van der Waals surface area contributed by atoms with Crippen LogP contribution in [0.2, 0.25) is 0 Å². The number of hydrogen-bond donors (Lipinski definition) is 2. The standard InChI is InChI=1S/C20H22F3N3O5S/c1-11(27)25-19(20(21,22)23)16-14(8-18(2,3)9-15(16)28)26(17(19)29)10-12-4-6-13(7-5-12)32(24,30)31/h4-7H,8-10H2,1-3H3,(H,25,27)(H2,24,30,31). The maximum atomic E-state index is 14.3. The summed E-state index contributed by atoms with van der Waals surface area (Å²) in [7, 11) is -3.98. The van der Waals surface area contributed by atoms with Gasteiger partial charge in [0, 0.05) is 19.0 Å². The number of hydrogen-bond acceptors (Lipinski definition) is 5. The van der Waals surface area contributed by atoms with Crippen LogP contribution in [0.1, 0.15) is 39.2 Å². The molecule has 1 atom stereocenters. The Morgan fingerprint density at radius 3 is 2.19 bits per heavy atom. The number of alkyl halides is 3. The minimum absolute atomic E-state index is 0.00644. The van der Waals surface area contributed by atoms with Crippen molar-refractivity contribution in [3.05, 3.63) is 41.1 Å². The molecule has 174 valence electrons. The Balaban J connectivity index is 2.15. The summed E-state index contributed by atoms with van der Waals surface area (Å²) < 4.78 is 65.9. The second kappa shape index (κ2) is 7.41. The summed E-state index contributed by atoms with van der Waals surface area (Å²) in [4.78, 5) is 38.5. The lowest BCUT2D eigenvalue weighted by atomic mass is 9.72. The fourth-order valence-corrected chi connectivity index (χ4v) is 4.74. The number of ketones is 1. The summed E-state index contributed by atoms with van der Waals surface area (Å²) in [5, 5.41) is 6.77. The van der Waals surface area contributed by atoms with Crippen LogP contribution >= 0.6 is 0 Å². The van der Waals surface area contributed by atoms with E-state index in [-0.39, 0.29) is 30.0 Å². The minimum Gasteiger partial charge on any atom is -0.331 e. The van der Waals surface area contributed by atoms with Gasteiger partial charge < -0.3 is 10.2 Å². The van der Waals surface area contributed by atoms with E-state index in [0.717, 1.165) is 11.8 Å². The predicted molar refractivity (Wildman–Crippen MR) is 106 cm³/mol. The van der Waals surface area contributed by atoms with Crippen molar-refractivity contribution in [1.82, 2.24) is 10.2 Å². The number of carbonyl (C=O) groups is 3. The van der Waals surface area contributed by atoms with Gasteiger partial charge in [-0.15, -0.1) is 0 Å². The lowest BCUT2D eigenvalue weighted by Crippen LogP contribution is -2.65. The monoisotopic (exact) mass is 473 g/mol. The van der Waals surface area contributed by atoms with Crippen LogP contribution in [0.5, 0.6) is 0 Å². The number of primary sulfonamides is 1. The summed E-state index contributed by atoms with van der Waals surface area (Å²) in [6.45, 7) is 3.88. The lowest BCUT2D eigenvalue weighted by Gasteiger charge is -2.35. The number of Topliss-reactive ketones (excluding diaryl/α,β-unsaturated/α-hetero) is 1. The maximum absolute atomic E-state index is 14.3.